The third-order valence-corrected chi connectivity index (χ3v) is 3.08. The van der Waals surface area contributed by atoms with Crippen molar-refractivity contribution >= 4 is 35.0 Å². The van der Waals surface area contributed by atoms with Gasteiger partial charge in [0.05, 0.1) is 12.9 Å². The highest BCUT2D eigenvalue weighted by Gasteiger charge is 2.03. The molecule has 0 aliphatic carbocycles. The number of thiocarbonyl (C=S) groups is 1. The Morgan fingerprint density at radius 1 is 1.29 bits per heavy atom. The number of hydrogen-bond acceptors (Lipinski definition) is 4. The molecule has 2 aromatic rings. The average Bonchev–Trinajstić information content (AvgIpc) is 3.05. The molecule has 0 aliphatic rings. The first-order valence-corrected chi connectivity index (χ1v) is 8.00. The summed E-state index contributed by atoms with van der Waals surface area (Å²) in [5.41, 5.74) is 0.771. The molecule has 1 amide bonds. The molecule has 5 nitrogen and oxygen atoms in total. The SMILES string of the molecule is CC(C)COc1ccc(NC(=S)NC(=O)/C=C/c2ccco2)cc1. The van der Waals surface area contributed by atoms with E-state index in [4.69, 9.17) is 21.4 Å². The van der Waals surface area contributed by atoms with Crippen LogP contribution in [0.1, 0.15) is 19.6 Å². The van der Waals surface area contributed by atoms with Crippen molar-refractivity contribution in [1.82, 2.24) is 5.32 Å². The maximum atomic E-state index is 11.8. The van der Waals surface area contributed by atoms with Crippen molar-refractivity contribution < 1.29 is 13.9 Å². The molecule has 24 heavy (non-hydrogen) atoms. The molecule has 2 rings (SSSR count). The van der Waals surface area contributed by atoms with Crippen molar-refractivity contribution in [3.8, 4) is 5.75 Å². The minimum Gasteiger partial charge on any atom is -0.493 e. The molecular weight excluding hydrogens is 324 g/mol. The van der Waals surface area contributed by atoms with Crippen LogP contribution in [0.5, 0.6) is 5.75 Å². The van der Waals surface area contributed by atoms with Crippen LogP contribution in [0.2, 0.25) is 0 Å². The second kappa shape index (κ2) is 8.88. The van der Waals surface area contributed by atoms with Gasteiger partial charge in [-0.15, -0.1) is 0 Å². The van der Waals surface area contributed by atoms with Gasteiger partial charge >= 0.3 is 0 Å². The molecule has 0 aliphatic heterocycles. The number of rotatable bonds is 6. The van der Waals surface area contributed by atoms with Gasteiger partial charge in [0.2, 0.25) is 5.91 Å². The summed E-state index contributed by atoms with van der Waals surface area (Å²) in [5, 5.41) is 5.73. The zero-order valence-corrected chi connectivity index (χ0v) is 14.4. The number of ether oxygens (including phenoxy) is 1. The summed E-state index contributed by atoms with van der Waals surface area (Å²) >= 11 is 5.11. The molecule has 0 unspecified atom stereocenters. The van der Waals surface area contributed by atoms with Gasteiger partial charge < -0.3 is 14.5 Å². The highest BCUT2D eigenvalue weighted by Crippen LogP contribution is 2.16. The molecule has 0 saturated heterocycles. The van der Waals surface area contributed by atoms with E-state index in [2.05, 4.69) is 24.5 Å². The van der Waals surface area contributed by atoms with E-state index < -0.39 is 0 Å². The van der Waals surface area contributed by atoms with Crippen molar-refractivity contribution in [3.05, 3.63) is 54.5 Å². The van der Waals surface area contributed by atoms with E-state index in [-0.39, 0.29) is 11.0 Å². The quantitative estimate of drug-likeness (QED) is 0.616. The lowest BCUT2D eigenvalue weighted by Crippen LogP contribution is -2.32. The van der Waals surface area contributed by atoms with Crippen LogP contribution in [0, 0.1) is 5.92 Å². The average molecular weight is 344 g/mol. The zero-order chi connectivity index (χ0) is 17.4. The molecule has 126 valence electrons. The third-order valence-electron chi connectivity index (χ3n) is 2.87. The number of benzene rings is 1. The maximum absolute atomic E-state index is 11.8. The molecule has 1 heterocycles. The van der Waals surface area contributed by atoms with Gasteiger partial charge in [-0.2, -0.15) is 0 Å². The molecule has 0 spiro atoms. The summed E-state index contributed by atoms with van der Waals surface area (Å²) in [7, 11) is 0. The van der Waals surface area contributed by atoms with Crippen LogP contribution >= 0.6 is 12.2 Å². The van der Waals surface area contributed by atoms with Crippen LogP contribution in [0.4, 0.5) is 5.69 Å². The van der Waals surface area contributed by atoms with Crippen LogP contribution in [-0.4, -0.2) is 17.6 Å². The first-order valence-electron chi connectivity index (χ1n) is 7.59. The molecule has 1 aromatic heterocycles. The van der Waals surface area contributed by atoms with Crippen LogP contribution in [-0.2, 0) is 4.79 Å². The van der Waals surface area contributed by atoms with E-state index in [9.17, 15) is 4.79 Å². The predicted octanol–water partition coefficient (Wildman–Crippen LogP) is 3.84. The Morgan fingerprint density at radius 3 is 2.67 bits per heavy atom. The van der Waals surface area contributed by atoms with Crippen molar-refractivity contribution in [2.24, 2.45) is 5.92 Å². The number of furan rings is 1. The summed E-state index contributed by atoms with van der Waals surface area (Å²) in [6.45, 7) is 4.86. The fraction of sp³-hybridized carbons (Fsp3) is 0.222. The lowest BCUT2D eigenvalue weighted by molar-refractivity contribution is -0.115. The Labute approximate surface area is 146 Å². The second-order valence-electron chi connectivity index (χ2n) is 5.52. The summed E-state index contributed by atoms with van der Waals surface area (Å²) in [5.74, 6) is 1.53. The number of nitrogens with one attached hydrogen (secondary N) is 2. The number of hydrogen-bond donors (Lipinski definition) is 2. The predicted molar refractivity (Wildman–Crippen MR) is 98.9 cm³/mol. The molecule has 0 bridgehead atoms. The van der Waals surface area contributed by atoms with E-state index >= 15 is 0 Å². The van der Waals surface area contributed by atoms with E-state index in [0.717, 1.165) is 11.4 Å². The normalized spacial score (nSPS) is 10.8. The van der Waals surface area contributed by atoms with E-state index in [1.807, 2.05) is 24.3 Å². The molecule has 1 aromatic carbocycles. The van der Waals surface area contributed by atoms with Crippen LogP contribution < -0.4 is 15.4 Å². The molecular formula is C18H20N2O3S. The number of amides is 1. The molecule has 0 saturated carbocycles. The Bertz CT molecular complexity index is 692. The van der Waals surface area contributed by atoms with Gasteiger partial charge in [0.1, 0.15) is 11.5 Å². The highest BCUT2D eigenvalue weighted by atomic mass is 32.1. The molecule has 6 heteroatoms. The summed E-state index contributed by atoms with van der Waals surface area (Å²) in [4.78, 5) is 11.8. The monoisotopic (exact) mass is 344 g/mol. The Kier molecular flexibility index (Phi) is 6.57. The summed E-state index contributed by atoms with van der Waals surface area (Å²) in [6.07, 6.45) is 4.47. The van der Waals surface area contributed by atoms with Gasteiger partial charge in [-0.25, -0.2) is 0 Å². The van der Waals surface area contributed by atoms with E-state index in [1.54, 1.807) is 18.2 Å². The van der Waals surface area contributed by atoms with Crippen molar-refractivity contribution in [1.29, 1.82) is 0 Å². The number of carbonyl (C=O) groups is 1. The van der Waals surface area contributed by atoms with Gasteiger partial charge in [0.25, 0.3) is 0 Å². The van der Waals surface area contributed by atoms with E-state index in [0.29, 0.717) is 18.3 Å². The van der Waals surface area contributed by atoms with Crippen molar-refractivity contribution in [3.63, 3.8) is 0 Å². The second-order valence-corrected chi connectivity index (χ2v) is 5.93. The molecule has 0 atom stereocenters. The van der Waals surface area contributed by atoms with Gasteiger partial charge in [-0.1, -0.05) is 13.8 Å². The van der Waals surface area contributed by atoms with Gasteiger partial charge in [-0.05, 0) is 60.6 Å². The minimum atomic E-state index is -0.333. The molecule has 0 radical (unpaired) electrons. The maximum Gasteiger partial charge on any atom is 0.250 e. The first kappa shape index (κ1) is 17.7. The van der Waals surface area contributed by atoms with E-state index in [1.165, 1.54) is 12.3 Å². The van der Waals surface area contributed by atoms with Crippen molar-refractivity contribution in [2.75, 3.05) is 11.9 Å². The largest absolute Gasteiger partial charge is 0.493 e. The fourth-order valence-electron chi connectivity index (χ4n) is 1.76. The lowest BCUT2D eigenvalue weighted by atomic mass is 10.2. The lowest BCUT2D eigenvalue weighted by Gasteiger charge is -2.11. The van der Waals surface area contributed by atoms with Crippen molar-refractivity contribution in [2.45, 2.75) is 13.8 Å². The third kappa shape index (κ3) is 6.26. The summed E-state index contributed by atoms with van der Waals surface area (Å²) < 4.78 is 10.7. The minimum absolute atomic E-state index is 0.222. The Balaban J connectivity index is 1.80. The zero-order valence-electron chi connectivity index (χ0n) is 13.6. The summed E-state index contributed by atoms with van der Waals surface area (Å²) in [6, 6.07) is 10.9. The number of anilines is 1. The standard InChI is InChI=1S/C18H20N2O3S/c1-13(2)12-23-16-7-5-14(6-8-16)19-18(24)20-17(21)10-9-15-4-3-11-22-15/h3-11,13H,12H2,1-2H3,(H2,19,20,21,24)/b10-9+. The molecule has 0 fully saturated rings. The first-order chi connectivity index (χ1) is 11.5. The van der Waals surface area contributed by atoms with Gasteiger partial charge in [-0.3, -0.25) is 10.1 Å². The Morgan fingerprint density at radius 2 is 2.04 bits per heavy atom. The van der Waals surface area contributed by atoms with Crippen LogP contribution in [0.3, 0.4) is 0 Å². The van der Waals surface area contributed by atoms with Gasteiger partial charge in [0.15, 0.2) is 5.11 Å². The fourth-order valence-corrected chi connectivity index (χ4v) is 1.98. The Hall–Kier alpha value is -2.60. The highest BCUT2D eigenvalue weighted by molar-refractivity contribution is 7.80. The molecule has 2 N–H and O–H groups in total. The van der Waals surface area contributed by atoms with Gasteiger partial charge in [0, 0.05) is 11.8 Å². The topological polar surface area (TPSA) is 63.5 Å². The van der Waals surface area contributed by atoms with Crippen LogP contribution in [0.15, 0.2) is 53.2 Å². The van der Waals surface area contributed by atoms with Crippen LogP contribution in [0.25, 0.3) is 6.08 Å². The smallest absolute Gasteiger partial charge is 0.250 e. The number of carbonyl (C=O) groups excluding carboxylic acids is 1.